The number of hydrogen-bond donors (Lipinski definition) is 0. The van der Waals surface area contributed by atoms with Crippen molar-refractivity contribution in [3.63, 3.8) is 0 Å². The zero-order valence-corrected chi connectivity index (χ0v) is 12.9. The fourth-order valence-electron chi connectivity index (χ4n) is 3.73. The molecule has 2 aliphatic heterocycles. The predicted molar refractivity (Wildman–Crippen MR) is 89.4 cm³/mol. The minimum Gasteiger partial charge on any atom is -0.381 e. The number of piperazine rings is 1. The lowest BCUT2D eigenvalue weighted by Gasteiger charge is -2.41. The first-order chi connectivity index (χ1) is 10.9. The van der Waals surface area contributed by atoms with Crippen molar-refractivity contribution in [1.82, 2.24) is 9.88 Å². The van der Waals surface area contributed by atoms with E-state index in [0.717, 1.165) is 51.0 Å². The molecule has 4 rings (SSSR count). The minimum absolute atomic E-state index is 0.727. The number of rotatable bonds is 2. The molecule has 2 saturated heterocycles. The summed E-state index contributed by atoms with van der Waals surface area (Å²) in [4.78, 5) is 9.64. The molecule has 4 heteroatoms. The zero-order chi connectivity index (χ0) is 14.8. The van der Waals surface area contributed by atoms with Crippen LogP contribution in [0.5, 0.6) is 0 Å². The van der Waals surface area contributed by atoms with Crippen LogP contribution in [0.1, 0.15) is 12.8 Å². The first-order valence-corrected chi connectivity index (χ1v) is 8.32. The van der Waals surface area contributed by atoms with E-state index in [0.29, 0.717) is 0 Å². The Kier molecular flexibility index (Phi) is 3.95. The fourth-order valence-corrected chi connectivity index (χ4v) is 3.73. The van der Waals surface area contributed by atoms with Crippen molar-refractivity contribution < 1.29 is 4.74 Å². The number of fused-ring (bicyclic) bond motifs is 1. The molecule has 2 aromatic rings. The normalized spacial score (nSPS) is 21.4. The standard InChI is InChI=1S/C18H23N3O/c1-2-4-17-16(3-1)18(5-8-19-17)21-11-9-20(10-12-21)15-6-13-22-14-7-15/h1-5,8,15H,6-7,9-14H2. The van der Waals surface area contributed by atoms with Crippen molar-refractivity contribution in [2.75, 3.05) is 44.3 Å². The van der Waals surface area contributed by atoms with Gasteiger partial charge < -0.3 is 9.64 Å². The van der Waals surface area contributed by atoms with Gasteiger partial charge in [-0.2, -0.15) is 0 Å². The van der Waals surface area contributed by atoms with Gasteiger partial charge in [-0.25, -0.2) is 0 Å². The second kappa shape index (κ2) is 6.23. The van der Waals surface area contributed by atoms with E-state index in [1.807, 2.05) is 6.20 Å². The Hall–Kier alpha value is -1.65. The molecule has 0 atom stereocenters. The molecular weight excluding hydrogens is 274 g/mol. The van der Waals surface area contributed by atoms with Crippen LogP contribution in [0.15, 0.2) is 36.5 Å². The fraction of sp³-hybridized carbons (Fsp3) is 0.500. The summed E-state index contributed by atoms with van der Waals surface area (Å²) in [6, 6.07) is 11.3. The van der Waals surface area contributed by atoms with Gasteiger partial charge in [0.05, 0.1) is 5.52 Å². The van der Waals surface area contributed by atoms with E-state index in [2.05, 4.69) is 45.1 Å². The van der Waals surface area contributed by atoms with Gasteiger partial charge in [0.1, 0.15) is 0 Å². The Bertz CT molecular complexity index is 626. The summed E-state index contributed by atoms with van der Waals surface area (Å²) in [5.41, 5.74) is 2.42. The molecule has 0 radical (unpaired) electrons. The van der Waals surface area contributed by atoms with Gasteiger partial charge in [-0.1, -0.05) is 18.2 Å². The number of benzene rings is 1. The number of anilines is 1. The van der Waals surface area contributed by atoms with Crippen LogP contribution < -0.4 is 4.90 Å². The molecule has 0 aliphatic carbocycles. The molecular formula is C18H23N3O. The van der Waals surface area contributed by atoms with Gasteiger partial charge in [-0.15, -0.1) is 0 Å². The average molecular weight is 297 g/mol. The van der Waals surface area contributed by atoms with E-state index in [9.17, 15) is 0 Å². The topological polar surface area (TPSA) is 28.6 Å². The Morgan fingerprint density at radius 2 is 1.73 bits per heavy atom. The molecule has 0 saturated carbocycles. The molecule has 1 aromatic carbocycles. The third-order valence-corrected chi connectivity index (χ3v) is 4.99. The van der Waals surface area contributed by atoms with Crippen LogP contribution in [-0.2, 0) is 4.74 Å². The summed E-state index contributed by atoms with van der Waals surface area (Å²) in [6.45, 7) is 6.37. The van der Waals surface area contributed by atoms with Crippen LogP contribution in [-0.4, -0.2) is 55.3 Å². The molecule has 0 amide bonds. The van der Waals surface area contributed by atoms with Crippen molar-refractivity contribution >= 4 is 16.6 Å². The van der Waals surface area contributed by atoms with E-state index in [4.69, 9.17) is 4.74 Å². The first-order valence-electron chi connectivity index (χ1n) is 8.32. The van der Waals surface area contributed by atoms with Crippen molar-refractivity contribution in [3.8, 4) is 0 Å². The maximum absolute atomic E-state index is 5.49. The summed E-state index contributed by atoms with van der Waals surface area (Å²) < 4.78 is 5.49. The Morgan fingerprint density at radius 1 is 0.955 bits per heavy atom. The van der Waals surface area contributed by atoms with Crippen LogP contribution in [0.2, 0.25) is 0 Å². The van der Waals surface area contributed by atoms with Gasteiger partial charge in [-0.3, -0.25) is 9.88 Å². The number of pyridine rings is 1. The summed E-state index contributed by atoms with van der Waals surface area (Å²) in [5.74, 6) is 0. The van der Waals surface area contributed by atoms with Crippen molar-refractivity contribution in [1.29, 1.82) is 0 Å². The highest BCUT2D eigenvalue weighted by atomic mass is 16.5. The van der Waals surface area contributed by atoms with Gasteiger partial charge in [0.2, 0.25) is 0 Å². The third kappa shape index (κ3) is 2.69. The molecule has 0 spiro atoms. The minimum atomic E-state index is 0.727. The van der Waals surface area contributed by atoms with Gasteiger partial charge >= 0.3 is 0 Å². The van der Waals surface area contributed by atoms with E-state index in [-0.39, 0.29) is 0 Å². The maximum atomic E-state index is 5.49. The van der Waals surface area contributed by atoms with Crippen molar-refractivity contribution in [3.05, 3.63) is 36.5 Å². The number of aromatic nitrogens is 1. The van der Waals surface area contributed by atoms with Crippen LogP contribution in [0, 0.1) is 0 Å². The quantitative estimate of drug-likeness (QED) is 0.852. The summed E-state index contributed by atoms with van der Waals surface area (Å²) in [7, 11) is 0. The number of nitrogens with zero attached hydrogens (tertiary/aromatic N) is 3. The lowest BCUT2D eigenvalue weighted by molar-refractivity contribution is 0.0321. The largest absolute Gasteiger partial charge is 0.381 e. The molecule has 1 aromatic heterocycles. The van der Waals surface area contributed by atoms with Gasteiger partial charge in [0.15, 0.2) is 0 Å². The molecule has 0 N–H and O–H groups in total. The van der Waals surface area contributed by atoms with Crippen LogP contribution >= 0.6 is 0 Å². The second-order valence-electron chi connectivity index (χ2n) is 6.21. The van der Waals surface area contributed by atoms with Gasteiger partial charge in [0.25, 0.3) is 0 Å². The lowest BCUT2D eigenvalue weighted by Crippen LogP contribution is -2.51. The lowest BCUT2D eigenvalue weighted by atomic mass is 10.1. The highest BCUT2D eigenvalue weighted by molar-refractivity contribution is 5.91. The predicted octanol–water partition coefficient (Wildman–Crippen LogP) is 2.54. The summed E-state index contributed by atoms with van der Waals surface area (Å²) >= 11 is 0. The van der Waals surface area contributed by atoms with E-state index >= 15 is 0 Å². The molecule has 22 heavy (non-hydrogen) atoms. The van der Waals surface area contributed by atoms with Crippen LogP contribution in [0.25, 0.3) is 10.9 Å². The zero-order valence-electron chi connectivity index (χ0n) is 12.9. The maximum Gasteiger partial charge on any atom is 0.0722 e. The van der Waals surface area contributed by atoms with E-state index in [1.54, 1.807) is 0 Å². The highest BCUT2D eigenvalue weighted by Crippen LogP contribution is 2.27. The highest BCUT2D eigenvalue weighted by Gasteiger charge is 2.25. The Morgan fingerprint density at radius 3 is 2.55 bits per heavy atom. The van der Waals surface area contributed by atoms with Crippen LogP contribution in [0.3, 0.4) is 0 Å². The SMILES string of the molecule is c1ccc2c(N3CCN(C4CCOCC4)CC3)ccnc2c1. The van der Waals surface area contributed by atoms with Crippen molar-refractivity contribution in [2.45, 2.75) is 18.9 Å². The third-order valence-electron chi connectivity index (χ3n) is 4.99. The molecule has 2 aliphatic rings. The smallest absolute Gasteiger partial charge is 0.0722 e. The van der Waals surface area contributed by atoms with Crippen LogP contribution in [0.4, 0.5) is 5.69 Å². The number of hydrogen-bond acceptors (Lipinski definition) is 4. The number of ether oxygens (including phenoxy) is 1. The molecule has 116 valence electrons. The van der Waals surface area contributed by atoms with E-state index in [1.165, 1.54) is 23.9 Å². The first kappa shape index (κ1) is 14.0. The Balaban J connectivity index is 1.48. The second-order valence-corrected chi connectivity index (χ2v) is 6.21. The molecule has 4 nitrogen and oxygen atoms in total. The van der Waals surface area contributed by atoms with E-state index < -0.39 is 0 Å². The summed E-state index contributed by atoms with van der Waals surface area (Å²) in [5, 5.41) is 1.27. The van der Waals surface area contributed by atoms with Gasteiger partial charge in [0, 0.05) is 62.7 Å². The molecule has 2 fully saturated rings. The summed E-state index contributed by atoms with van der Waals surface area (Å²) in [6.07, 6.45) is 4.32. The Labute approximate surface area is 131 Å². The molecule has 0 bridgehead atoms. The monoisotopic (exact) mass is 297 g/mol. The number of para-hydroxylation sites is 1. The van der Waals surface area contributed by atoms with Gasteiger partial charge in [-0.05, 0) is 25.0 Å². The average Bonchev–Trinajstić information content (AvgIpc) is 2.62. The molecule has 0 unspecified atom stereocenters. The van der Waals surface area contributed by atoms with Crippen molar-refractivity contribution in [2.24, 2.45) is 0 Å². The molecule has 3 heterocycles.